The number of ether oxygens (including phenoxy) is 1. The number of aromatic nitrogens is 1. The molecule has 2 amide bonds. The Labute approximate surface area is 207 Å². The van der Waals surface area contributed by atoms with E-state index in [1.807, 2.05) is 13.8 Å². The van der Waals surface area contributed by atoms with E-state index in [1.165, 1.54) is 4.90 Å². The summed E-state index contributed by atoms with van der Waals surface area (Å²) >= 11 is 0. The summed E-state index contributed by atoms with van der Waals surface area (Å²) in [6, 6.07) is 0.144. The number of guanidine groups is 1. The van der Waals surface area contributed by atoms with Gasteiger partial charge in [0, 0.05) is 45.2 Å². The van der Waals surface area contributed by atoms with Gasteiger partial charge in [-0.3, -0.25) is 4.79 Å². The van der Waals surface area contributed by atoms with Gasteiger partial charge < -0.3 is 29.7 Å². The minimum Gasteiger partial charge on any atom is -0.450 e. The smallest absolute Gasteiger partial charge is 0.409 e. The molecule has 1 aromatic heterocycles. The summed E-state index contributed by atoms with van der Waals surface area (Å²) in [5.41, 5.74) is 1.91. The molecule has 182 valence electrons. The first-order valence-corrected chi connectivity index (χ1v) is 11.0. The van der Waals surface area contributed by atoms with Gasteiger partial charge in [-0.2, -0.15) is 0 Å². The molecule has 2 N–H and O–H groups in total. The van der Waals surface area contributed by atoms with Gasteiger partial charge in [0.15, 0.2) is 5.96 Å². The van der Waals surface area contributed by atoms with E-state index in [-0.39, 0.29) is 48.6 Å². The van der Waals surface area contributed by atoms with Crippen LogP contribution < -0.4 is 10.6 Å². The van der Waals surface area contributed by atoms with Crippen LogP contribution in [0.15, 0.2) is 9.52 Å². The molecule has 0 spiro atoms. The maximum absolute atomic E-state index is 12.1. The van der Waals surface area contributed by atoms with Crippen molar-refractivity contribution >= 4 is 41.9 Å². The molecule has 2 rings (SSSR count). The number of hydrogen-bond acceptors (Lipinski definition) is 6. The SMILES string of the molecule is CCOC(=O)N1CCC(NC(=NCc2c(CC)noc2CC)NCC(=O)N(C)C)CC1.I. The lowest BCUT2D eigenvalue weighted by molar-refractivity contribution is -0.127. The van der Waals surface area contributed by atoms with Gasteiger partial charge in [0.05, 0.1) is 25.4 Å². The highest BCUT2D eigenvalue weighted by atomic mass is 127. The largest absolute Gasteiger partial charge is 0.450 e. The Morgan fingerprint density at radius 2 is 1.91 bits per heavy atom. The second-order valence-electron chi connectivity index (χ2n) is 7.65. The second-order valence-corrected chi connectivity index (χ2v) is 7.65. The molecule has 11 heteroatoms. The van der Waals surface area contributed by atoms with Crippen molar-refractivity contribution < 1.29 is 18.8 Å². The monoisotopic (exact) mass is 564 g/mol. The zero-order valence-corrected chi connectivity index (χ0v) is 22.1. The number of halogens is 1. The van der Waals surface area contributed by atoms with Gasteiger partial charge >= 0.3 is 6.09 Å². The van der Waals surface area contributed by atoms with Gasteiger partial charge in [0.1, 0.15) is 5.76 Å². The predicted molar refractivity (Wildman–Crippen MR) is 133 cm³/mol. The Bertz CT molecular complexity index is 738. The van der Waals surface area contributed by atoms with E-state index in [1.54, 1.807) is 25.9 Å². The molecule has 1 aromatic rings. The number of nitrogens with zero attached hydrogens (tertiary/aromatic N) is 4. The molecule has 2 heterocycles. The van der Waals surface area contributed by atoms with Gasteiger partial charge in [-0.1, -0.05) is 19.0 Å². The van der Waals surface area contributed by atoms with Crippen molar-refractivity contribution in [3.05, 3.63) is 17.0 Å². The molecule has 0 saturated carbocycles. The van der Waals surface area contributed by atoms with Crippen LogP contribution in [0, 0.1) is 0 Å². The third kappa shape index (κ3) is 8.14. The van der Waals surface area contributed by atoms with Crippen LogP contribution in [0.25, 0.3) is 0 Å². The number of carbonyl (C=O) groups excluding carboxylic acids is 2. The van der Waals surface area contributed by atoms with Gasteiger partial charge in [-0.15, -0.1) is 24.0 Å². The fourth-order valence-electron chi connectivity index (χ4n) is 3.36. The van der Waals surface area contributed by atoms with Crippen molar-refractivity contribution in [1.29, 1.82) is 0 Å². The topological polar surface area (TPSA) is 112 Å². The second kappa shape index (κ2) is 14.2. The summed E-state index contributed by atoms with van der Waals surface area (Å²) in [7, 11) is 3.44. The van der Waals surface area contributed by atoms with Crippen LogP contribution in [0.3, 0.4) is 0 Å². The van der Waals surface area contributed by atoms with Crippen molar-refractivity contribution in [1.82, 2.24) is 25.6 Å². The van der Waals surface area contributed by atoms with E-state index in [2.05, 4.69) is 15.8 Å². The number of aryl methyl sites for hydroxylation is 2. The maximum atomic E-state index is 12.1. The van der Waals surface area contributed by atoms with Crippen LogP contribution in [0.2, 0.25) is 0 Å². The van der Waals surface area contributed by atoms with Crippen LogP contribution in [-0.2, 0) is 28.9 Å². The number of likely N-dealkylation sites (N-methyl/N-ethyl adjacent to an activating group) is 1. The van der Waals surface area contributed by atoms with Crippen molar-refractivity contribution in [3.63, 3.8) is 0 Å². The maximum Gasteiger partial charge on any atom is 0.409 e. The molecule has 0 aromatic carbocycles. The van der Waals surface area contributed by atoms with E-state index in [9.17, 15) is 9.59 Å². The molecule has 0 atom stereocenters. The Kier molecular flexibility index (Phi) is 12.4. The number of likely N-dealkylation sites (tertiary alicyclic amines) is 1. The van der Waals surface area contributed by atoms with Crippen LogP contribution >= 0.6 is 24.0 Å². The summed E-state index contributed by atoms with van der Waals surface area (Å²) in [5.74, 6) is 1.36. The first-order valence-electron chi connectivity index (χ1n) is 11.0. The van der Waals surface area contributed by atoms with Crippen molar-refractivity contribution in [2.24, 2.45) is 4.99 Å². The van der Waals surface area contributed by atoms with Crippen LogP contribution in [0.4, 0.5) is 4.79 Å². The van der Waals surface area contributed by atoms with E-state index in [4.69, 9.17) is 14.3 Å². The number of carbonyl (C=O) groups is 2. The average Bonchev–Trinajstić information content (AvgIpc) is 3.17. The number of hydrogen-bond donors (Lipinski definition) is 2. The molecule has 32 heavy (non-hydrogen) atoms. The van der Waals surface area contributed by atoms with Crippen molar-refractivity contribution in [2.45, 2.75) is 59.0 Å². The van der Waals surface area contributed by atoms with Crippen molar-refractivity contribution in [3.8, 4) is 0 Å². The summed E-state index contributed by atoms with van der Waals surface area (Å²) in [6.07, 6.45) is 2.80. The highest BCUT2D eigenvalue weighted by Crippen LogP contribution is 2.17. The minimum absolute atomic E-state index is 0. The number of nitrogens with one attached hydrogen (secondary N) is 2. The highest BCUT2D eigenvalue weighted by molar-refractivity contribution is 14.0. The molecular formula is C21H37IN6O4. The fraction of sp³-hybridized carbons (Fsp3) is 0.714. The third-order valence-corrected chi connectivity index (χ3v) is 5.27. The molecule has 1 aliphatic heterocycles. The number of aliphatic imine (C=N–C) groups is 1. The van der Waals surface area contributed by atoms with Gasteiger partial charge in [0.2, 0.25) is 5.91 Å². The molecule has 1 aliphatic rings. The van der Waals surface area contributed by atoms with E-state index in [0.717, 1.165) is 42.7 Å². The summed E-state index contributed by atoms with van der Waals surface area (Å²) in [4.78, 5) is 31.9. The molecule has 0 aliphatic carbocycles. The Balaban J connectivity index is 0.00000512. The lowest BCUT2D eigenvalue weighted by atomic mass is 10.1. The quantitative estimate of drug-likeness (QED) is 0.283. The van der Waals surface area contributed by atoms with Gasteiger partial charge in [-0.25, -0.2) is 9.79 Å². The Morgan fingerprint density at radius 3 is 2.47 bits per heavy atom. The summed E-state index contributed by atoms with van der Waals surface area (Å²) in [5, 5.41) is 10.7. The number of amides is 2. The van der Waals surface area contributed by atoms with Crippen LogP contribution in [0.5, 0.6) is 0 Å². The van der Waals surface area contributed by atoms with E-state index >= 15 is 0 Å². The molecular weight excluding hydrogens is 527 g/mol. The summed E-state index contributed by atoms with van der Waals surface area (Å²) < 4.78 is 10.5. The Morgan fingerprint density at radius 1 is 1.22 bits per heavy atom. The molecule has 10 nitrogen and oxygen atoms in total. The molecule has 1 fully saturated rings. The molecule has 1 saturated heterocycles. The lowest BCUT2D eigenvalue weighted by Gasteiger charge is -2.32. The minimum atomic E-state index is -0.267. The van der Waals surface area contributed by atoms with Crippen LogP contribution in [0.1, 0.15) is 50.6 Å². The fourth-order valence-corrected chi connectivity index (χ4v) is 3.36. The van der Waals surface area contributed by atoms with Gasteiger partial charge in [-0.05, 0) is 26.2 Å². The first-order chi connectivity index (χ1) is 14.9. The first kappa shape index (κ1) is 28.0. The molecule has 0 unspecified atom stereocenters. The molecule has 0 bridgehead atoms. The standard InChI is InChI=1S/C21H36N6O4.HI/c1-6-17-16(18(7-2)31-25-17)13-22-20(23-14-19(28)26(4)5)24-15-9-11-27(12-10-15)21(29)30-8-3;/h15H,6-14H2,1-5H3,(H2,22,23,24);1H. The van der Waals surface area contributed by atoms with Crippen LogP contribution in [-0.4, -0.2) is 79.3 Å². The average molecular weight is 564 g/mol. The third-order valence-electron chi connectivity index (χ3n) is 5.27. The zero-order chi connectivity index (χ0) is 22.8. The summed E-state index contributed by atoms with van der Waals surface area (Å²) in [6.45, 7) is 8.04. The zero-order valence-electron chi connectivity index (χ0n) is 19.8. The highest BCUT2D eigenvalue weighted by Gasteiger charge is 2.24. The number of rotatable bonds is 8. The normalized spacial score (nSPS) is 14.5. The van der Waals surface area contributed by atoms with E-state index < -0.39 is 0 Å². The van der Waals surface area contributed by atoms with E-state index in [0.29, 0.717) is 32.2 Å². The predicted octanol–water partition coefficient (Wildman–Crippen LogP) is 2.16. The lowest BCUT2D eigenvalue weighted by Crippen LogP contribution is -2.51. The Hall–Kier alpha value is -2.05. The number of piperidine rings is 1. The molecule has 0 radical (unpaired) electrons. The van der Waals surface area contributed by atoms with Crippen molar-refractivity contribution in [2.75, 3.05) is 40.3 Å². The van der Waals surface area contributed by atoms with Gasteiger partial charge in [0.25, 0.3) is 0 Å².